The second-order valence-electron chi connectivity index (χ2n) is 4.96. The number of hydrogen-bond acceptors (Lipinski definition) is 7. The monoisotopic (exact) mass is 397 g/mol. The minimum absolute atomic E-state index is 0.0591. The fourth-order valence-electron chi connectivity index (χ4n) is 2.00. The van der Waals surface area contributed by atoms with Crippen LogP contribution in [0.3, 0.4) is 0 Å². The molecule has 0 aromatic heterocycles. The summed E-state index contributed by atoms with van der Waals surface area (Å²) in [7, 11) is -8.89. The third kappa shape index (κ3) is 3.92. The van der Waals surface area contributed by atoms with Gasteiger partial charge in [-0.05, 0) is 31.2 Å². The van der Waals surface area contributed by atoms with Gasteiger partial charge in [0.1, 0.15) is 6.26 Å². The van der Waals surface area contributed by atoms with E-state index in [2.05, 4.69) is 0 Å². The van der Waals surface area contributed by atoms with Crippen LogP contribution < -0.4 is 0 Å². The molecule has 0 saturated carbocycles. The van der Waals surface area contributed by atoms with Crippen molar-refractivity contribution >= 4 is 25.4 Å². The highest BCUT2D eigenvalue weighted by atomic mass is 32.3. The Labute approximate surface area is 150 Å². The molecule has 0 aliphatic rings. The number of hydrogen-bond donors (Lipinski definition) is 0. The Kier molecular flexibility index (Phi) is 5.78. The maximum absolute atomic E-state index is 12.8. The first-order valence-electron chi connectivity index (χ1n) is 7.32. The normalized spacial score (nSPS) is 12.6. The Morgan fingerprint density at radius 3 is 1.92 bits per heavy atom. The SMILES string of the molecule is CCO/C=C(\S(=O)(=O)c1ccccc1)S(=O)(=O)c1ccc([N+](=O)[O-])cc1. The fraction of sp³-hybridized carbons (Fsp3) is 0.125. The Morgan fingerprint density at radius 2 is 1.46 bits per heavy atom. The molecule has 0 fully saturated rings. The molecule has 2 rings (SSSR count). The minimum atomic E-state index is -4.50. The predicted molar refractivity (Wildman–Crippen MR) is 93.6 cm³/mol. The van der Waals surface area contributed by atoms with Crippen molar-refractivity contribution in [3.8, 4) is 0 Å². The Morgan fingerprint density at radius 1 is 0.962 bits per heavy atom. The standard InChI is InChI=1S/C16H15NO7S2/c1-2-24-12-16(25(20,21)14-6-4-3-5-7-14)26(22,23)15-10-8-13(9-11-15)17(18)19/h3-12H,2H2,1H3/b16-12+. The zero-order valence-electron chi connectivity index (χ0n) is 13.6. The summed E-state index contributed by atoms with van der Waals surface area (Å²) in [6, 6.07) is 11.0. The zero-order chi connectivity index (χ0) is 19.4. The van der Waals surface area contributed by atoms with Gasteiger partial charge in [-0.1, -0.05) is 18.2 Å². The lowest BCUT2D eigenvalue weighted by atomic mass is 10.3. The van der Waals surface area contributed by atoms with Crippen LogP contribution in [-0.2, 0) is 24.4 Å². The molecular formula is C16H15NO7S2. The largest absolute Gasteiger partial charge is 0.499 e. The second kappa shape index (κ2) is 7.67. The topological polar surface area (TPSA) is 121 Å². The first-order chi connectivity index (χ1) is 12.2. The van der Waals surface area contributed by atoms with E-state index < -0.39 is 33.7 Å². The number of benzene rings is 2. The van der Waals surface area contributed by atoms with Crippen molar-refractivity contribution in [2.24, 2.45) is 0 Å². The number of ether oxygens (including phenoxy) is 1. The number of nitro groups is 1. The molecule has 26 heavy (non-hydrogen) atoms. The van der Waals surface area contributed by atoms with Crippen LogP contribution >= 0.6 is 0 Å². The number of nitro benzene ring substituents is 1. The third-order valence-corrected chi connectivity index (χ3v) is 7.64. The van der Waals surface area contributed by atoms with E-state index in [4.69, 9.17) is 4.74 Å². The van der Waals surface area contributed by atoms with Gasteiger partial charge in [-0.2, -0.15) is 0 Å². The van der Waals surface area contributed by atoms with E-state index in [9.17, 15) is 26.9 Å². The van der Waals surface area contributed by atoms with Gasteiger partial charge in [-0.3, -0.25) is 10.1 Å². The average Bonchev–Trinajstić information content (AvgIpc) is 2.62. The van der Waals surface area contributed by atoms with Crippen LogP contribution in [0.25, 0.3) is 0 Å². The van der Waals surface area contributed by atoms with Crippen LogP contribution in [0.15, 0.2) is 74.9 Å². The Bertz CT molecular complexity index is 1030. The summed E-state index contributed by atoms with van der Waals surface area (Å²) < 4.78 is 55.3. The average molecular weight is 397 g/mol. The van der Waals surface area contributed by atoms with E-state index in [-0.39, 0.29) is 17.2 Å². The highest BCUT2D eigenvalue weighted by molar-refractivity contribution is 8.14. The molecule has 0 aliphatic carbocycles. The van der Waals surface area contributed by atoms with Crippen molar-refractivity contribution in [2.45, 2.75) is 16.7 Å². The molecule has 0 amide bonds. The van der Waals surface area contributed by atoms with E-state index in [0.717, 1.165) is 24.3 Å². The molecule has 0 aliphatic heterocycles. The zero-order valence-corrected chi connectivity index (χ0v) is 15.2. The molecule has 2 aromatic rings. The van der Waals surface area contributed by atoms with Gasteiger partial charge in [0, 0.05) is 12.1 Å². The molecule has 0 radical (unpaired) electrons. The van der Waals surface area contributed by atoms with E-state index >= 15 is 0 Å². The summed E-state index contributed by atoms with van der Waals surface area (Å²) in [6.45, 7) is 1.63. The van der Waals surface area contributed by atoms with Gasteiger partial charge in [-0.15, -0.1) is 0 Å². The van der Waals surface area contributed by atoms with E-state index in [1.165, 1.54) is 24.3 Å². The van der Waals surface area contributed by atoms with Gasteiger partial charge in [-0.25, -0.2) is 16.8 Å². The molecule has 2 aromatic carbocycles. The van der Waals surface area contributed by atoms with E-state index in [0.29, 0.717) is 6.26 Å². The van der Waals surface area contributed by atoms with Crippen LogP contribution in [0.2, 0.25) is 0 Å². The molecule has 0 heterocycles. The molecule has 138 valence electrons. The van der Waals surface area contributed by atoms with Gasteiger partial charge >= 0.3 is 0 Å². The van der Waals surface area contributed by atoms with Crippen LogP contribution in [-0.4, -0.2) is 28.4 Å². The highest BCUT2D eigenvalue weighted by Crippen LogP contribution is 2.30. The van der Waals surface area contributed by atoms with E-state index in [1.807, 2.05) is 0 Å². The number of nitrogens with zero attached hydrogens (tertiary/aromatic N) is 1. The summed E-state index contributed by atoms with van der Waals surface area (Å²) >= 11 is 0. The number of rotatable bonds is 7. The van der Waals surface area contributed by atoms with Gasteiger partial charge < -0.3 is 4.74 Å². The summed E-state index contributed by atoms with van der Waals surface area (Å²) in [5.41, 5.74) is -0.315. The molecule has 0 N–H and O–H groups in total. The van der Waals surface area contributed by atoms with Crippen molar-refractivity contribution in [2.75, 3.05) is 6.61 Å². The van der Waals surface area contributed by atoms with Crippen molar-refractivity contribution in [1.29, 1.82) is 0 Å². The van der Waals surface area contributed by atoms with Gasteiger partial charge in [0.25, 0.3) is 5.69 Å². The maximum atomic E-state index is 12.8. The quantitative estimate of drug-likeness (QED) is 0.400. The van der Waals surface area contributed by atoms with Gasteiger partial charge in [0.05, 0.1) is 21.3 Å². The molecule has 0 unspecified atom stereocenters. The molecule has 0 atom stereocenters. The number of sulfone groups is 2. The van der Waals surface area contributed by atoms with E-state index in [1.54, 1.807) is 13.0 Å². The van der Waals surface area contributed by atoms with Crippen LogP contribution in [0, 0.1) is 10.1 Å². The fourth-order valence-corrected chi connectivity index (χ4v) is 5.60. The van der Waals surface area contributed by atoms with Crippen molar-refractivity contribution < 1.29 is 26.5 Å². The Balaban J connectivity index is 2.61. The molecule has 10 heteroatoms. The lowest BCUT2D eigenvalue weighted by Gasteiger charge is -2.11. The van der Waals surface area contributed by atoms with Crippen molar-refractivity contribution in [3.05, 3.63) is 75.2 Å². The lowest BCUT2D eigenvalue weighted by Crippen LogP contribution is -2.16. The summed E-state index contributed by atoms with van der Waals surface area (Å²) in [5.74, 6) is 0. The summed E-state index contributed by atoms with van der Waals surface area (Å²) in [5, 5.41) is 10.7. The van der Waals surface area contributed by atoms with Gasteiger partial charge in [0.2, 0.25) is 23.9 Å². The highest BCUT2D eigenvalue weighted by Gasteiger charge is 2.34. The third-order valence-electron chi connectivity index (χ3n) is 3.29. The van der Waals surface area contributed by atoms with Crippen molar-refractivity contribution in [3.63, 3.8) is 0 Å². The molecule has 0 spiro atoms. The molecule has 0 saturated heterocycles. The maximum Gasteiger partial charge on any atom is 0.269 e. The van der Waals surface area contributed by atoms with Crippen LogP contribution in [0.4, 0.5) is 5.69 Å². The van der Waals surface area contributed by atoms with Crippen LogP contribution in [0.5, 0.6) is 0 Å². The Hall–Kier alpha value is -2.72. The van der Waals surface area contributed by atoms with Gasteiger partial charge in [0.15, 0.2) is 0 Å². The molecule has 8 nitrogen and oxygen atoms in total. The van der Waals surface area contributed by atoms with Crippen LogP contribution in [0.1, 0.15) is 6.92 Å². The molecule has 0 bridgehead atoms. The number of non-ortho nitro benzene ring substituents is 1. The second-order valence-corrected chi connectivity index (χ2v) is 9.06. The van der Waals surface area contributed by atoms with Crippen molar-refractivity contribution in [1.82, 2.24) is 0 Å². The smallest absolute Gasteiger partial charge is 0.269 e. The summed E-state index contributed by atoms with van der Waals surface area (Å²) in [6.07, 6.45) is 0.680. The lowest BCUT2D eigenvalue weighted by molar-refractivity contribution is -0.384. The first-order valence-corrected chi connectivity index (χ1v) is 10.3. The first kappa shape index (κ1) is 19.6. The molecular weight excluding hydrogens is 382 g/mol. The summed E-state index contributed by atoms with van der Waals surface area (Å²) in [4.78, 5) is 9.42. The predicted octanol–water partition coefficient (Wildman–Crippen LogP) is 2.68. The minimum Gasteiger partial charge on any atom is -0.499 e.